The van der Waals surface area contributed by atoms with Gasteiger partial charge < -0.3 is 10.1 Å². The molecule has 2 heterocycles. The maximum absolute atomic E-state index is 12.1. The second-order valence-corrected chi connectivity index (χ2v) is 6.33. The Morgan fingerprint density at radius 3 is 2.92 bits per heavy atom. The summed E-state index contributed by atoms with van der Waals surface area (Å²) < 4.78 is 5.32. The van der Waals surface area contributed by atoms with Crippen LogP contribution < -0.4 is 10.1 Å². The number of ether oxygens (including phenoxy) is 1. The predicted octanol–water partition coefficient (Wildman–Crippen LogP) is 3.12. The molecule has 0 aliphatic carbocycles. The van der Waals surface area contributed by atoms with Crippen LogP contribution in [0.3, 0.4) is 0 Å². The molecule has 3 rings (SSSR count). The number of carbonyl (C=O) groups is 1. The van der Waals surface area contributed by atoms with Gasteiger partial charge in [-0.1, -0.05) is 18.2 Å². The average Bonchev–Trinajstić information content (AvgIpc) is 3.11. The van der Waals surface area contributed by atoms with Crippen molar-refractivity contribution in [2.75, 3.05) is 13.7 Å². The molecule has 0 atom stereocenters. The molecule has 5 nitrogen and oxygen atoms in total. The average molecular weight is 353 g/mol. The number of methoxy groups -OCH3 is 1. The Balaban J connectivity index is 1.51. The highest BCUT2D eigenvalue weighted by Crippen LogP contribution is 2.22. The second kappa shape index (κ2) is 8.39. The van der Waals surface area contributed by atoms with Crippen LogP contribution in [0.2, 0.25) is 0 Å². The lowest BCUT2D eigenvalue weighted by atomic mass is 10.1. The minimum absolute atomic E-state index is 0.0297. The van der Waals surface area contributed by atoms with Gasteiger partial charge in [-0.15, -0.1) is 11.3 Å². The van der Waals surface area contributed by atoms with Crippen LogP contribution in [-0.2, 0) is 17.6 Å². The van der Waals surface area contributed by atoms with Crippen molar-refractivity contribution >= 4 is 17.2 Å². The Labute approximate surface area is 150 Å². The van der Waals surface area contributed by atoms with Crippen LogP contribution in [0.1, 0.15) is 11.3 Å². The van der Waals surface area contributed by atoms with E-state index in [2.05, 4.69) is 15.3 Å². The maximum Gasteiger partial charge on any atom is 0.226 e. The van der Waals surface area contributed by atoms with Crippen LogP contribution in [0, 0.1) is 0 Å². The number of hydrogen-bond acceptors (Lipinski definition) is 5. The third-order valence-electron chi connectivity index (χ3n) is 3.71. The minimum Gasteiger partial charge on any atom is -0.496 e. The highest BCUT2D eigenvalue weighted by molar-refractivity contribution is 7.13. The zero-order chi connectivity index (χ0) is 17.5. The number of thiazole rings is 1. The molecule has 0 saturated carbocycles. The summed E-state index contributed by atoms with van der Waals surface area (Å²) in [6.45, 7) is 0.568. The molecule has 25 heavy (non-hydrogen) atoms. The van der Waals surface area contributed by atoms with E-state index in [1.807, 2.05) is 41.8 Å². The van der Waals surface area contributed by atoms with E-state index < -0.39 is 0 Å². The van der Waals surface area contributed by atoms with Crippen molar-refractivity contribution in [3.05, 3.63) is 65.4 Å². The summed E-state index contributed by atoms with van der Waals surface area (Å²) in [6.07, 6.45) is 4.51. The molecule has 1 aromatic carbocycles. The Hall–Kier alpha value is -2.73. The molecule has 0 saturated heterocycles. The first-order chi connectivity index (χ1) is 12.3. The fourth-order valence-electron chi connectivity index (χ4n) is 2.48. The van der Waals surface area contributed by atoms with Gasteiger partial charge in [-0.25, -0.2) is 4.98 Å². The second-order valence-electron chi connectivity index (χ2n) is 5.47. The largest absolute Gasteiger partial charge is 0.496 e. The van der Waals surface area contributed by atoms with Crippen molar-refractivity contribution in [3.63, 3.8) is 0 Å². The number of rotatable bonds is 7. The predicted molar refractivity (Wildman–Crippen MR) is 98.8 cm³/mol. The van der Waals surface area contributed by atoms with E-state index in [1.54, 1.807) is 19.5 Å². The Morgan fingerprint density at radius 2 is 2.12 bits per heavy atom. The number of carbonyl (C=O) groups excluding carboxylic acids is 1. The summed E-state index contributed by atoms with van der Waals surface area (Å²) >= 11 is 1.52. The normalized spacial score (nSPS) is 10.4. The zero-order valence-electron chi connectivity index (χ0n) is 13.9. The fourth-order valence-corrected chi connectivity index (χ4v) is 3.29. The Bertz CT molecular complexity index is 833. The van der Waals surface area contributed by atoms with Gasteiger partial charge in [-0.2, -0.15) is 0 Å². The van der Waals surface area contributed by atoms with Gasteiger partial charge in [-0.3, -0.25) is 9.78 Å². The summed E-state index contributed by atoms with van der Waals surface area (Å²) in [5.74, 6) is 0.815. The molecule has 1 amide bonds. The summed E-state index contributed by atoms with van der Waals surface area (Å²) in [7, 11) is 1.65. The number of nitrogens with zero attached hydrogens (tertiary/aromatic N) is 2. The number of hydrogen-bond donors (Lipinski definition) is 1. The van der Waals surface area contributed by atoms with E-state index in [-0.39, 0.29) is 12.3 Å². The first-order valence-electron chi connectivity index (χ1n) is 7.99. The Morgan fingerprint density at radius 1 is 1.24 bits per heavy atom. The van der Waals surface area contributed by atoms with Gasteiger partial charge in [0.1, 0.15) is 10.8 Å². The number of benzene rings is 1. The van der Waals surface area contributed by atoms with Crippen LogP contribution in [-0.4, -0.2) is 29.5 Å². The van der Waals surface area contributed by atoms with Gasteiger partial charge in [0.05, 0.1) is 19.2 Å². The van der Waals surface area contributed by atoms with E-state index in [4.69, 9.17) is 4.74 Å². The molecule has 0 spiro atoms. The summed E-state index contributed by atoms with van der Waals surface area (Å²) in [5, 5.41) is 5.74. The standard InChI is InChI=1S/C19H19N3O2S/c1-24-17-7-3-2-5-14(17)8-10-21-18(23)11-16-13-25-19(22-16)15-6-4-9-20-12-15/h2-7,9,12-13H,8,10-11H2,1H3,(H,21,23). The van der Waals surface area contributed by atoms with Crippen molar-refractivity contribution in [2.24, 2.45) is 0 Å². The van der Waals surface area contributed by atoms with Crippen molar-refractivity contribution in [3.8, 4) is 16.3 Å². The minimum atomic E-state index is -0.0297. The highest BCUT2D eigenvalue weighted by atomic mass is 32.1. The molecule has 6 heteroatoms. The molecule has 2 aromatic heterocycles. The first-order valence-corrected chi connectivity index (χ1v) is 8.87. The fraction of sp³-hybridized carbons (Fsp3) is 0.211. The third-order valence-corrected chi connectivity index (χ3v) is 4.65. The molecular formula is C19H19N3O2S. The Kier molecular flexibility index (Phi) is 5.74. The monoisotopic (exact) mass is 353 g/mol. The molecule has 128 valence electrons. The quantitative estimate of drug-likeness (QED) is 0.709. The molecule has 0 aliphatic heterocycles. The number of nitrogens with one attached hydrogen (secondary N) is 1. The van der Waals surface area contributed by atoms with Gasteiger partial charge in [0.15, 0.2) is 0 Å². The zero-order valence-corrected chi connectivity index (χ0v) is 14.8. The number of pyridine rings is 1. The van der Waals surface area contributed by atoms with Crippen molar-refractivity contribution < 1.29 is 9.53 Å². The SMILES string of the molecule is COc1ccccc1CCNC(=O)Cc1csc(-c2cccnc2)n1. The van der Waals surface area contributed by atoms with E-state index in [0.29, 0.717) is 6.54 Å². The van der Waals surface area contributed by atoms with Gasteiger partial charge in [-0.05, 0) is 30.2 Å². The summed E-state index contributed by atoms with van der Waals surface area (Å²) in [6, 6.07) is 11.7. The maximum atomic E-state index is 12.1. The van der Waals surface area contributed by atoms with Crippen LogP contribution in [0.4, 0.5) is 0 Å². The van der Waals surface area contributed by atoms with Gasteiger partial charge >= 0.3 is 0 Å². The molecule has 0 aliphatic rings. The molecular weight excluding hydrogens is 334 g/mol. The lowest BCUT2D eigenvalue weighted by Crippen LogP contribution is -2.27. The summed E-state index contributed by atoms with van der Waals surface area (Å²) in [5.41, 5.74) is 2.83. The highest BCUT2D eigenvalue weighted by Gasteiger charge is 2.09. The molecule has 0 bridgehead atoms. The van der Waals surface area contributed by atoms with Crippen LogP contribution >= 0.6 is 11.3 Å². The molecule has 3 aromatic rings. The lowest BCUT2D eigenvalue weighted by molar-refractivity contribution is -0.120. The third kappa shape index (κ3) is 4.64. The van der Waals surface area contributed by atoms with Crippen LogP contribution in [0.5, 0.6) is 5.75 Å². The first kappa shape index (κ1) is 17.1. The molecule has 1 N–H and O–H groups in total. The molecule has 0 fully saturated rings. The lowest BCUT2D eigenvalue weighted by Gasteiger charge is -2.08. The number of amides is 1. The number of aromatic nitrogens is 2. The van der Waals surface area contributed by atoms with E-state index in [9.17, 15) is 4.79 Å². The van der Waals surface area contributed by atoms with Crippen molar-refractivity contribution in [1.29, 1.82) is 0 Å². The topological polar surface area (TPSA) is 64.1 Å². The van der Waals surface area contributed by atoms with E-state index in [1.165, 1.54) is 11.3 Å². The number of para-hydroxylation sites is 1. The van der Waals surface area contributed by atoms with Crippen molar-refractivity contribution in [1.82, 2.24) is 15.3 Å². The van der Waals surface area contributed by atoms with Crippen LogP contribution in [0.15, 0.2) is 54.2 Å². The van der Waals surface area contributed by atoms with Crippen LogP contribution in [0.25, 0.3) is 10.6 Å². The smallest absolute Gasteiger partial charge is 0.226 e. The molecule has 0 unspecified atom stereocenters. The van der Waals surface area contributed by atoms with E-state index >= 15 is 0 Å². The molecule has 0 radical (unpaired) electrons. The van der Waals surface area contributed by atoms with Gasteiger partial charge in [0.2, 0.25) is 5.91 Å². The summed E-state index contributed by atoms with van der Waals surface area (Å²) in [4.78, 5) is 20.7. The van der Waals surface area contributed by atoms with Gasteiger partial charge in [0, 0.05) is 29.9 Å². The van der Waals surface area contributed by atoms with Crippen molar-refractivity contribution in [2.45, 2.75) is 12.8 Å². The van der Waals surface area contributed by atoms with E-state index in [0.717, 1.165) is 34.0 Å². The van der Waals surface area contributed by atoms with Gasteiger partial charge in [0.25, 0.3) is 0 Å².